The topological polar surface area (TPSA) is 22.7 Å². The lowest BCUT2D eigenvalue weighted by Gasteiger charge is -2.49. The van der Waals surface area contributed by atoms with Crippen molar-refractivity contribution in [2.45, 2.75) is 541 Å². The van der Waals surface area contributed by atoms with E-state index in [1.807, 2.05) is 45.9 Å². The minimum Gasteiger partial charge on any atom is -0.362 e. The minimum atomic E-state index is -0.717. The van der Waals surface area contributed by atoms with E-state index < -0.39 is 11.8 Å². The number of nitrogens with zero attached hydrogens (tertiary/aromatic N) is 7. The molecule has 0 bridgehead atoms. The molecule has 800 valence electrons. The van der Waals surface area contributed by atoms with Gasteiger partial charge in [0.1, 0.15) is 0 Å². The molecular formula is C136H221N7. The van der Waals surface area contributed by atoms with Gasteiger partial charge in [-0.3, -0.25) is 0 Å². The zero-order valence-corrected chi connectivity index (χ0v) is 105. The molecule has 0 radical (unpaired) electrons. The Kier molecular flexibility index (Phi) is 42.2. The largest absolute Gasteiger partial charge is 0.362 e. The number of anilines is 7. The Morgan fingerprint density at radius 1 is 0.175 bits per heavy atom. The van der Waals surface area contributed by atoms with E-state index in [1.165, 1.54) is 112 Å². The van der Waals surface area contributed by atoms with Crippen molar-refractivity contribution in [2.24, 2.45) is 0 Å². The molecule has 9 aromatic rings. The van der Waals surface area contributed by atoms with E-state index in [9.17, 15) is 0 Å². The number of hydrogen-bond donors (Lipinski definition) is 0. The monoisotopic (exact) mass is 1950 g/mol. The van der Waals surface area contributed by atoms with E-state index in [4.69, 9.17) is 2.74 Å². The summed E-state index contributed by atoms with van der Waals surface area (Å²) in [5.41, 5.74) is 31.4. The third-order valence-corrected chi connectivity index (χ3v) is 25.5. The molecule has 0 atom stereocenters. The highest BCUT2D eigenvalue weighted by Gasteiger charge is 2.43. The fraction of sp³-hybridized carbons (Fsp3) is 0.603. The van der Waals surface area contributed by atoms with Crippen LogP contribution in [0.5, 0.6) is 0 Å². The standard InChI is InChI=1S/C24H35N.C22H31N.2C20H35N.C18H31N.2C16H27N/c1-22(2,3)20-17-19(18-13-11-10-12-14-18)15-16-21(20)25(23(4,5)6)24(7,8)9;1-16-14-19(18-12-10-9-11-13-18)15-17(2)20(16)23(21(3,4)5)22(6,7)8;2*1-14(2)16-12-11-13-17(15(3)4)18(16)21(19(5,6)7)20(8,9)10;1-16(2,3)14-12-10-11-13-15(14)19(17(4,5)6)18(7,8)9;2*1-12-10-9-11-13(2)14(12)17(15(3,4)5)16(6,7)8/h10-17H,1-9H3;9-15H,1-8H3;2*11-15H,1-10H3;10-13H,1-9H3;2*9-11H,1-8H3/i;;14D,15D;;;;. The summed E-state index contributed by atoms with van der Waals surface area (Å²) in [5.74, 6) is -0.367. The SMILES string of the molecule is CC(C)(C)c1cc(-c2ccccc2)ccc1N(C(C)(C)C)C(C)(C)C.CC(C)(C)c1ccccc1N(C(C)(C)C)C(C)(C)C.CC(C)c1cccc(C(C)C)c1N(C(C)(C)C)C(C)(C)C.Cc1cc(-c2ccccc2)cc(C)c1N(C(C)(C)C)C(C)(C)C.Cc1cccc(C)c1N(C(C)(C)C)C(C)(C)C.Cc1cccc(C)c1N(C(C)(C)C)C(C)(C)C.[2H]C(C)(C)c1cccc(C([2H])(C)C)c1N(C(C)(C)C)C(C)(C)C. The number of aryl methyl sites for hydroxylation is 6. The van der Waals surface area contributed by atoms with E-state index >= 15 is 0 Å². The lowest BCUT2D eigenvalue weighted by Crippen LogP contribution is -2.53. The Labute approximate surface area is 889 Å². The van der Waals surface area contributed by atoms with Gasteiger partial charge >= 0.3 is 0 Å². The van der Waals surface area contributed by atoms with Crippen molar-refractivity contribution in [2.75, 3.05) is 34.3 Å². The molecule has 0 heterocycles. The summed E-state index contributed by atoms with van der Waals surface area (Å²) in [6.07, 6.45) is 0. The van der Waals surface area contributed by atoms with Gasteiger partial charge in [0.15, 0.2) is 0 Å². The van der Waals surface area contributed by atoms with Gasteiger partial charge in [0, 0.05) is 120 Å². The third kappa shape index (κ3) is 36.5. The maximum Gasteiger partial charge on any atom is 0.0445 e. The molecule has 9 rings (SSSR count). The van der Waals surface area contributed by atoms with Crippen LogP contribution in [0.2, 0.25) is 0 Å². The smallest absolute Gasteiger partial charge is 0.0445 e. The van der Waals surface area contributed by atoms with Gasteiger partial charge in [0.05, 0.1) is 0 Å². The predicted octanol–water partition coefficient (Wildman–Crippen LogP) is 40.9. The number of benzene rings is 9. The Hall–Kier alpha value is -8.42. The van der Waals surface area contributed by atoms with Gasteiger partial charge in [-0.1, -0.05) is 255 Å². The highest BCUT2D eigenvalue weighted by atomic mass is 15.3. The molecule has 0 amide bonds. The summed E-state index contributed by atoms with van der Waals surface area (Å²) in [4.78, 5) is 17.7. The second-order valence-corrected chi connectivity index (χ2v) is 58.0. The average Bonchev–Trinajstić information content (AvgIpc) is 0.740. The molecule has 0 saturated carbocycles. The van der Waals surface area contributed by atoms with Gasteiger partial charge in [-0.15, -0.1) is 0 Å². The summed E-state index contributed by atoms with van der Waals surface area (Å²) in [6.45, 7) is 140. The molecule has 143 heavy (non-hydrogen) atoms. The molecule has 0 aromatic heterocycles. The van der Waals surface area contributed by atoms with Gasteiger partial charge in [0.25, 0.3) is 0 Å². The third-order valence-electron chi connectivity index (χ3n) is 25.5. The molecule has 0 fully saturated rings. The van der Waals surface area contributed by atoms with Gasteiger partial charge in [-0.25, -0.2) is 0 Å². The second-order valence-electron chi connectivity index (χ2n) is 58.0. The molecular weight excluding hydrogens is 1730 g/mol. The normalized spacial score (nSPS) is 13.3. The first-order chi connectivity index (χ1) is 64.6. The number of rotatable bonds is 13. The molecule has 0 N–H and O–H groups in total. The van der Waals surface area contributed by atoms with E-state index in [-0.39, 0.29) is 88.4 Å². The van der Waals surface area contributed by atoms with Crippen LogP contribution in [-0.4, -0.2) is 77.5 Å². The van der Waals surface area contributed by atoms with Gasteiger partial charge in [-0.2, -0.15) is 0 Å². The molecule has 9 aromatic carbocycles. The molecule has 0 unspecified atom stereocenters. The summed E-state index contributed by atoms with van der Waals surface area (Å²) < 4.78 is 17.3. The molecule has 0 aliphatic rings. The van der Waals surface area contributed by atoms with Crippen LogP contribution in [0, 0.1) is 41.5 Å². The van der Waals surface area contributed by atoms with Crippen LogP contribution in [0.15, 0.2) is 188 Å². The molecule has 0 saturated heterocycles. The van der Waals surface area contributed by atoms with Crippen molar-refractivity contribution in [1.82, 2.24) is 0 Å². The van der Waals surface area contributed by atoms with Crippen molar-refractivity contribution in [3.63, 3.8) is 0 Å². The van der Waals surface area contributed by atoms with Crippen molar-refractivity contribution in [3.05, 3.63) is 255 Å². The van der Waals surface area contributed by atoms with Crippen LogP contribution in [0.1, 0.15) is 481 Å². The second kappa shape index (κ2) is 48.3. The first-order valence-electron chi connectivity index (χ1n) is 55.1. The van der Waals surface area contributed by atoms with Crippen LogP contribution in [0.4, 0.5) is 39.8 Å². The summed E-state index contributed by atoms with van der Waals surface area (Å²) >= 11 is 0. The maximum absolute atomic E-state index is 8.63. The van der Waals surface area contributed by atoms with E-state index in [1.54, 1.807) is 0 Å². The molecule has 0 aliphatic carbocycles. The number of para-hydroxylation sites is 5. The average molecular weight is 1960 g/mol. The lowest BCUT2D eigenvalue weighted by atomic mass is 9.81. The number of hydrogen-bond acceptors (Lipinski definition) is 7. The predicted molar refractivity (Wildman–Crippen MR) is 652 cm³/mol. The van der Waals surface area contributed by atoms with Crippen LogP contribution in [-0.2, 0) is 10.8 Å². The fourth-order valence-corrected chi connectivity index (χ4v) is 23.1. The van der Waals surface area contributed by atoms with Crippen molar-refractivity contribution >= 4 is 39.8 Å². The zero-order chi connectivity index (χ0) is 113. The highest BCUT2D eigenvalue weighted by molar-refractivity contribution is 5.75. The van der Waals surface area contributed by atoms with Crippen LogP contribution < -0.4 is 34.3 Å². The first-order valence-corrected chi connectivity index (χ1v) is 54.1. The minimum absolute atomic E-state index is 0.0481. The van der Waals surface area contributed by atoms with Crippen molar-refractivity contribution in [1.29, 1.82) is 0 Å². The van der Waals surface area contributed by atoms with E-state index in [0.29, 0.717) is 11.8 Å². The maximum atomic E-state index is 8.63. The van der Waals surface area contributed by atoms with E-state index in [2.05, 4.69) is 606 Å². The summed E-state index contributed by atoms with van der Waals surface area (Å²) in [6, 6.07) is 67.7. The van der Waals surface area contributed by atoms with Crippen LogP contribution in [0.3, 0.4) is 0 Å². The Balaban J connectivity index is 0.000000436. The molecule has 7 heteroatoms. The Bertz CT molecular complexity index is 5230. The van der Waals surface area contributed by atoms with Crippen molar-refractivity contribution in [3.8, 4) is 22.3 Å². The summed E-state index contributed by atoms with van der Waals surface area (Å²) in [5, 5.41) is 0. The molecule has 0 aliphatic heterocycles. The molecule has 7 nitrogen and oxygen atoms in total. The van der Waals surface area contributed by atoms with E-state index in [0.717, 1.165) is 16.8 Å². The fourth-order valence-electron chi connectivity index (χ4n) is 23.1. The van der Waals surface area contributed by atoms with Gasteiger partial charge in [0.2, 0.25) is 0 Å². The quantitative estimate of drug-likeness (QED) is 0.113. The van der Waals surface area contributed by atoms with Crippen LogP contribution in [0.25, 0.3) is 22.3 Å². The highest BCUT2D eigenvalue weighted by Crippen LogP contribution is 2.49. The van der Waals surface area contributed by atoms with Gasteiger partial charge < -0.3 is 34.3 Å². The molecule has 0 spiro atoms. The van der Waals surface area contributed by atoms with Crippen LogP contribution >= 0.6 is 0 Å². The zero-order valence-electron chi connectivity index (χ0n) is 107. The Morgan fingerprint density at radius 2 is 0.385 bits per heavy atom. The van der Waals surface area contributed by atoms with Crippen molar-refractivity contribution < 1.29 is 2.74 Å². The Morgan fingerprint density at radius 3 is 0.629 bits per heavy atom. The summed E-state index contributed by atoms with van der Waals surface area (Å²) in [7, 11) is 0. The first kappa shape index (κ1) is 125. The lowest BCUT2D eigenvalue weighted by molar-refractivity contribution is 0.376. The van der Waals surface area contributed by atoms with Gasteiger partial charge in [-0.05, 0) is 486 Å².